The van der Waals surface area contributed by atoms with Crippen molar-refractivity contribution in [3.8, 4) is 0 Å². The van der Waals surface area contributed by atoms with E-state index in [4.69, 9.17) is 0 Å². The normalized spacial score (nSPS) is 10.7. The van der Waals surface area contributed by atoms with Gasteiger partial charge < -0.3 is 4.57 Å². The lowest BCUT2D eigenvalue weighted by molar-refractivity contribution is 0.910. The van der Waals surface area contributed by atoms with Crippen LogP contribution < -0.4 is 0 Å². The zero-order valence-corrected chi connectivity index (χ0v) is 7.54. The molecule has 2 heterocycles. The lowest BCUT2D eigenvalue weighted by atomic mass is 10.4. The molecule has 0 bridgehead atoms. The number of hydrogen-bond acceptors (Lipinski definition) is 2. The van der Waals surface area contributed by atoms with Crippen molar-refractivity contribution < 1.29 is 0 Å². The van der Waals surface area contributed by atoms with Gasteiger partial charge in [0.1, 0.15) is 0 Å². The predicted octanol–water partition coefficient (Wildman–Crippen LogP) is 1.73. The van der Waals surface area contributed by atoms with Crippen molar-refractivity contribution in [2.75, 3.05) is 0 Å². The highest BCUT2D eigenvalue weighted by Crippen LogP contribution is 2.16. The minimum Gasteiger partial charge on any atom is -0.320 e. The van der Waals surface area contributed by atoms with Crippen LogP contribution in [0.5, 0.6) is 0 Å². The predicted molar refractivity (Wildman–Crippen MR) is 46.2 cm³/mol. The molecule has 0 aliphatic rings. The van der Waals surface area contributed by atoms with Gasteiger partial charge in [0.25, 0.3) is 0 Å². The van der Waals surface area contributed by atoms with Crippen LogP contribution in [0, 0.1) is 0 Å². The zero-order valence-electron chi connectivity index (χ0n) is 5.95. The van der Waals surface area contributed by atoms with Crippen LogP contribution in [0.4, 0.5) is 0 Å². The third-order valence-electron chi connectivity index (χ3n) is 1.63. The quantitative estimate of drug-likeness (QED) is 0.665. The van der Waals surface area contributed by atoms with Gasteiger partial charge in [0, 0.05) is 13.2 Å². The molecule has 4 heteroatoms. The van der Waals surface area contributed by atoms with Gasteiger partial charge in [0.05, 0.1) is 17.2 Å². The molecule has 3 nitrogen and oxygen atoms in total. The van der Waals surface area contributed by atoms with E-state index in [2.05, 4.69) is 25.9 Å². The topological polar surface area (TPSA) is 30.7 Å². The van der Waals surface area contributed by atoms with Gasteiger partial charge in [0.2, 0.25) is 0 Å². The van der Waals surface area contributed by atoms with Crippen LogP contribution in [0.15, 0.2) is 23.2 Å². The summed E-state index contributed by atoms with van der Waals surface area (Å²) in [6.45, 7) is 0. The summed E-state index contributed by atoms with van der Waals surface area (Å²) in [5, 5.41) is 0. The Balaban J connectivity index is 2.92. The van der Waals surface area contributed by atoms with E-state index in [0.717, 1.165) is 15.8 Å². The Bertz CT molecular complexity index is 393. The summed E-state index contributed by atoms with van der Waals surface area (Å²) in [7, 11) is 1.95. The Hall–Kier alpha value is -0.900. The van der Waals surface area contributed by atoms with Crippen molar-refractivity contribution >= 4 is 27.0 Å². The maximum atomic E-state index is 4.25. The van der Waals surface area contributed by atoms with Gasteiger partial charge in [-0.25, -0.2) is 4.98 Å². The van der Waals surface area contributed by atoms with E-state index in [1.807, 2.05) is 17.7 Å². The molecule has 0 fully saturated rings. The van der Waals surface area contributed by atoms with Gasteiger partial charge in [0.15, 0.2) is 4.73 Å². The lowest BCUT2D eigenvalue weighted by Gasteiger charge is -1.91. The minimum atomic E-state index is 0.834. The minimum absolute atomic E-state index is 0.834. The highest BCUT2D eigenvalue weighted by Gasteiger charge is 2.02. The average molecular weight is 212 g/mol. The number of pyridine rings is 1. The molecule has 0 amide bonds. The van der Waals surface area contributed by atoms with Crippen molar-refractivity contribution in [3.05, 3.63) is 23.2 Å². The van der Waals surface area contributed by atoms with Crippen molar-refractivity contribution in [1.82, 2.24) is 14.5 Å². The molecule has 2 aromatic heterocycles. The molecule has 0 atom stereocenters. The Morgan fingerprint density at radius 3 is 3.09 bits per heavy atom. The zero-order chi connectivity index (χ0) is 7.84. The van der Waals surface area contributed by atoms with E-state index in [9.17, 15) is 0 Å². The van der Waals surface area contributed by atoms with Gasteiger partial charge >= 0.3 is 0 Å². The van der Waals surface area contributed by atoms with Crippen molar-refractivity contribution in [1.29, 1.82) is 0 Å². The summed E-state index contributed by atoms with van der Waals surface area (Å²) >= 11 is 3.33. The number of rotatable bonds is 0. The van der Waals surface area contributed by atoms with E-state index >= 15 is 0 Å². The monoisotopic (exact) mass is 211 g/mol. The molecule has 0 saturated carbocycles. The first-order valence-corrected chi connectivity index (χ1v) is 4.00. The Labute approximate surface area is 72.2 Å². The number of imidazole rings is 1. The molecular weight excluding hydrogens is 206 g/mol. The van der Waals surface area contributed by atoms with Gasteiger partial charge in [-0.05, 0) is 22.0 Å². The summed E-state index contributed by atoms with van der Waals surface area (Å²) in [6, 6.07) is 1.89. The second-order valence-electron chi connectivity index (χ2n) is 2.30. The van der Waals surface area contributed by atoms with Gasteiger partial charge in [-0.1, -0.05) is 0 Å². The molecule has 0 aromatic carbocycles. The Kier molecular flexibility index (Phi) is 1.42. The number of fused-ring (bicyclic) bond motifs is 1. The summed E-state index contributed by atoms with van der Waals surface area (Å²) in [6.07, 6.45) is 3.54. The van der Waals surface area contributed by atoms with Crippen LogP contribution in [0.1, 0.15) is 0 Å². The van der Waals surface area contributed by atoms with Crippen molar-refractivity contribution in [2.24, 2.45) is 7.05 Å². The van der Waals surface area contributed by atoms with Crippen LogP contribution in [-0.4, -0.2) is 14.5 Å². The molecule has 2 aromatic rings. The smallest absolute Gasteiger partial charge is 0.177 e. The summed E-state index contributed by atoms with van der Waals surface area (Å²) in [5.74, 6) is 0. The maximum Gasteiger partial charge on any atom is 0.177 e. The average Bonchev–Trinajstić information content (AvgIpc) is 2.30. The largest absolute Gasteiger partial charge is 0.320 e. The molecule has 11 heavy (non-hydrogen) atoms. The van der Waals surface area contributed by atoms with Crippen LogP contribution in [0.3, 0.4) is 0 Å². The third kappa shape index (κ3) is 0.939. The second-order valence-corrected chi connectivity index (χ2v) is 3.01. The number of hydrogen-bond donors (Lipinski definition) is 0. The van der Waals surface area contributed by atoms with E-state index in [1.54, 1.807) is 12.4 Å². The fourth-order valence-corrected chi connectivity index (χ4v) is 1.39. The third-order valence-corrected chi connectivity index (χ3v) is 2.34. The standard InChI is InChI=1S/C7H6BrN3/c1-11-6-4-9-3-2-5(6)10-7(11)8/h2-4H,1H3. The molecule has 0 aliphatic carbocycles. The first-order valence-electron chi connectivity index (χ1n) is 3.21. The van der Waals surface area contributed by atoms with Crippen LogP contribution in [0.2, 0.25) is 0 Å². The molecule has 0 saturated heterocycles. The fraction of sp³-hybridized carbons (Fsp3) is 0.143. The van der Waals surface area contributed by atoms with Crippen LogP contribution in [0.25, 0.3) is 11.0 Å². The van der Waals surface area contributed by atoms with E-state index in [0.29, 0.717) is 0 Å². The molecule has 0 radical (unpaired) electrons. The van der Waals surface area contributed by atoms with E-state index in [1.165, 1.54) is 0 Å². The van der Waals surface area contributed by atoms with Crippen molar-refractivity contribution in [3.63, 3.8) is 0 Å². The summed E-state index contributed by atoms with van der Waals surface area (Å²) in [5.41, 5.74) is 2.01. The first kappa shape index (κ1) is 6.79. The van der Waals surface area contributed by atoms with Gasteiger partial charge in [-0.3, -0.25) is 4.98 Å². The van der Waals surface area contributed by atoms with Crippen LogP contribution in [-0.2, 0) is 7.05 Å². The molecule has 0 spiro atoms. The highest BCUT2D eigenvalue weighted by molar-refractivity contribution is 9.10. The lowest BCUT2D eigenvalue weighted by Crippen LogP contribution is -1.86. The Morgan fingerprint density at radius 1 is 1.55 bits per heavy atom. The maximum absolute atomic E-state index is 4.25. The first-order chi connectivity index (χ1) is 5.29. The molecule has 0 N–H and O–H groups in total. The molecular formula is C7H6BrN3. The summed E-state index contributed by atoms with van der Waals surface area (Å²) in [4.78, 5) is 8.26. The number of halogens is 1. The second kappa shape index (κ2) is 2.30. The molecule has 0 unspecified atom stereocenters. The van der Waals surface area contributed by atoms with Crippen LogP contribution >= 0.6 is 15.9 Å². The number of aromatic nitrogens is 3. The van der Waals surface area contributed by atoms with E-state index < -0.39 is 0 Å². The van der Waals surface area contributed by atoms with E-state index in [-0.39, 0.29) is 0 Å². The Morgan fingerprint density at radius 2 is 2.36 bits per heavy atom. The molecule has 2 rings (SSSR count). The van der Waals surface area contributed by atoms with Crippen molar-refractivity contribution in [2.45, 2.75) is 0 Å². The van der Waals surface area contributed by atoms with Gasteiger partial charge in [-0.2, -0.15) is 0 Å². The number of aryl methyl sites for hydroxylation is 1. The SMILES string of the molecule is Cn1c(Br)nc2ccncc21. The highest BCUT2D eigenvalue weighted by atomic mass is 79.9. The number of nitrogens with zero attached hydrogens (tertiary/aromatic N) is 3. The molecule has 56 valence electrons. The van der Waals surface area contributed by atoms with Gasteiger partial charge in [-0.15, -0.1) is 0 Å². The summed E-state index contributed by atoms with van der Waals surface area (Å²) < 4.78 is 2.78. The fourth-order valence-electron chi connectivity index (χ4n) is 1.01. The molecule has 0 aliphatic heterocycles.